The largest absolute Gasteiger partial charge is 0.459 e. The smallest absolute Gasteiger partial charge is 0.338 e. The second-order valence-electron chi connectivity index (χ2n) is 7.93. The maximum absolute atomic E-state index is 12.1. The molecule has 0 radical (unpaired) electrons. The molecule has 1 rings (SSSR count). The Morgan fingerprint density at radius 2 is 1.44 bits per heavy atom. The van der Waals surface area contributed by atoms with Gasteiger partial charge in [0.25, 0.3) is 0 Å². The number of ether oxygens (including phenoxy) is 1. The summed E-state index contributed by atoms with van der Waals surface area (Å²) in [5.74, 6) is 1.86. The standard InChI is InChI=1S/C23H38O2/c1-6-18(2)12-10-13-19(3)14-11-15-20(4)21(5)25-23(24)22-16-8-7-9-17-22/h7-9,16-21H,6,10-15H2,1-5H3/t18-,19-,20-,21+/m1/s1. The van der Waals surface area contributed by atoms with Crippen molar-refractivity contribution < 1.29 is 9.53 Å². The highest BCUT2D eigenvalue weighted by Crippen LogP contribution is 2.22. The lowest BCUT2D eigenvalue weighted by atomic mass is 9.91. The molecule has 0 aliphatic rings. The van der Waals surface area contributed by atoms with E-state index in [9.17, 15) is 4.79 Å². The van der Waals surface area contributed by atoms with Gasteiger partial charge in [-0.1, -0.05) is 84.4 Å². The van der Waals surface area contributed by atoms with E-state index in [1.807, 2.05) is 25.1 Å². The summed E-state index contributed by atoms with van der Waals surface area (Å²) in [5.41, 5.74) is 0.636. The lowest BCUT2D eigenvalue weighted by Crippen LogP contribution is -2.22. The van der Waals surface area contributed by atoms with Gasteiger partial charge in [-0.3, -0.25) is 0 Å². The van der Waals surface area contributed by atoms with E-state index in [0.717, 1.165) is 18.3 Å². The molecule has 0 amide bonds. The average Bonchev–Trinajstić information content (AvgIpc) is 2.61. The Morgan fingerprint density at radius 3 is 2.04 bits per heavy atom. The Hall–Kier alpha value is -1.31. The van der Waals surface area contributed by atoms with Crippen LogP contribution in [0.5, 0.6) is 0 Å². The van der Waals surface area contributed by atoms with Crippen LogP contribution in [0.15, 0.2) is 30.3 Å². The fraction of sp³-hybridized carbons (Fsp3) is 0.696. The third-order valence-electron chi connectivity index (χ3n) is 5.55. The van der Waals surface area contributed by atoms with Crippen LogP contribution in [0.25, 0.3) is 0 Å². The topological polar surface area (TPSA) is 26.3 Å². The van der Waals surface area contributed by atoms with Crippen molar-refractivity contribution in [1.82, 2.24) is 0 Å². The minimum absolute atomic E-state index is 0.0339. The highest BCUT2D eigenvalue weighted by molar-refractivity contribution is 5.89. The molecule has 142 valence electrons. The third kappa shape index (κ3) is 9.09. The summed E-state index contributed by atoms with van der Waals surface area (Å²) in [6.07, 6.45) is 8.96. The molecule has 0 aliphatic heterocycles. The van der Waals surface area contributed by atoms with E-state index in [2.05, 4.69) is 27.7 Å². The molecule has 0 heterocycles. The fourth-order valence-electron chi connectivity index (χ4n) is 3.11. The zero-order valence-electron chi connectivity index (χ0n) is 17.0. The second kappa shape index (κ2) is 12.1. The summed E-state index contributed by atoms with van der Waals surface area (Å²) in [6.45, 7) is 11.2. The van der Waals surface area contributed by atoms with Crippen molar-refractivity contribution in [1.29, 1.82) is 0 Å². The fourth-order valence-corrected chi connectivity index (χ4v) is 3.11. The van der Waals surface area contributed by atoms with Gasteiger partial charge < -0.3 is 4.74 Å². The molecule has 0 fully saturated rings. The monoisotopic (exact) mass is 346 g/mol. The van der Waals surface area contributed by atoms with Crippen LogP contribution >= 0.6 is 0 Å². The molecule has 0 N–H and O–H groups in total. The van der Waals surface area contributed by atoms with Crippen LogP contribution < -0.4 is 0 Å². The van der Waals surface area contributed by atoms with E-state index in [4.69, 9.17) is 4.74 Å². The van der Waals surface area contributed by atoms with Gasteiger partial charge in [0.05, 0.1) is 5.56 Å². The van der Waals surface area contributed by atoms with E-state index in [1.54, 1.807) is 12.1 Å². The second-order valence-corrected chi connectivity index (χ2v) is 7.93. The van der Waals surface area contributed by atoms with Crippen LogP contribution in [-0.2, 0) is 4.74 Å². The molecule has 0 aliphatic carbocycles. The molecule has 1 aromatic carbocycles. The van der Waals surface area contributed by atoms with Crippen LogP contribution in [0.1, 0.15) is 89.9 Å². The number of benzene rings is 1. The Morgan fingerprint density at radius 1 is 0.880 bits per heavy atom. The Labute approximate surface area is 155 Å². The minimum Gasteiger partial charge on any atom is -0.459 e. The first-order valence-electron chi connectivity index (χ1n) is 10.2. The maximum atomic E-state index is 12.1. The zero-order valence-corrected chi connectivity index (χ0v) is 17.0. The summed E-state index contributed by atoms with van der Waals surface area (Å²) < 4.78 is 5.62. The molecular weight excluding hydrogens is 308 g/mol. The molecule has 0 saturated carbocycles. The van der Waals surface area contributed by atoms with Crippen molar-refractivity contribution in [3.8, 4) is 0 Å². The van der Waals surface area contributed by atoms with Gasteiger partial charge in [0, 0.05) is 0 Å². The summed E-state index contributed by atoms with van der Waals surface area (Å²) in [7, 11) is 0. The van der Waals surface area contributed by atoms with E-state index < -0.39 is 0 Å². The van der Waals surface area contributed by atoms with Gasteiger partial charge in [0.1, 0.15) is 6.10 Å². The maximum Gasteiger partial charge on any atom is 0.338 e. The molecule has 0 saturated heterocycles. The predicted molar refractivity (Wildman–Crippen MR) is 107 cm³/mol. The quantitative estimate of drug-likeness (QED) is 0.385. The molecule has 0 unspecified atom stereocenters. The van der Waals surface area contributed by atoms with Crippen molar-refractivity contribution >= 4 is 5.97 Å². The zero-order chi connectivity index (χ0) is 18.7. The average molecular weight is 347 g/mol. The molecule has 0 aromatic heterocycles. The number of esters is 1. The first kappa shape index (κ1) is 21.7. The highest BCUT2D eigenvalue weighted by Gasteiger charge is 2.18. The van der Waals surface area contributed by atoms with E-state index in [0.29, 0.717) is 11.5 Å². The van der Waals surface area contributed by atoms with Gasteiger partial charge in [-0.05, 0) is 43.2 Å². The summed E-state index contributed by atoms with van der Waals surface area (Å²) in [4.78, 5) is 12.1. The van der Waals surface area contributed by atoms with Gasteiger partial charge in [0.15, 0.2) is 0 Å². The van der Waals surface area contributed by atoms with Gasteiger partial charge >= 0.3 is 5.97 Å². The van der Waals surface area contributed by atoms with Gasteiger partial charge in [-0.2, -0.15) is 0 Å². The first-order chi connectivity index (χ1) is 11.9. The lowest BCUT2D eigenvalue weighted by Gasteiger charge is -2.21. The van der Waals surface area contributed by atoms with Crippen molar-refractivity contribution in [2.24, 2.45) is 17.8 Å². The van der Waals surface area contributed by atoms with Crippen LogP contribution in [0.3, 0.4) is 0 Å². The third-order valence-corrected chi connectivity index (χ3v) is 5.55. The lowest BCUT2D eigenvalue weighted by molar-refractivity contribution is 0.0203. The molecule has 2 nitrogen and oxygen atoms in total. The molecule has 4 atom stereocenters. The number of carbonyl (C=O) groups is 1. The van der Waals surface area contributed by atoms with Crippen molar-refractivity contribution in [2.45, 2.75) is 85.7 Å². The molecule has 0 spiro atoms. The first-order valence-corrected chi connectivity index (χ1v) is 10.2. The predicted octanol–water partition coefficient (Wildman–Crippen LogP) is 6.89. The molecular formula is C23H38O2. The number of hydrogen-bond acceptors (Lipinski definition) is 2. The van der Waals surface area contributed by atoms with E-state index in [1.165, 1.54) is 38.5 Å². The van der Waals surface area contributed by atoms with Crippen molar-refractivity contribution in [2.75, 3.05) is 0 Å². The number of hydrogen-bond donors (Lipinski definition) is 0. The SMILES string of the molecule is CC[C@@H](C)CCC[C@@H](C)CCC[C@@H](C)[C@H](C)OC(=O)c1ccccc1. The van der Waals surface area contributed by atoms with E-state index in [-0.39, 0.29) is 12.1 Å². The van der Waals surface area contributed by atoms with Crippen LogP contribution in [0.4, 0.5) is 0 Å². The van der Waals surface area contributed by atoms with Gasteiger partial charge in [0.2, 0.25) is 0 Å². The Bertz CT molecular complexity index is 468. The minimum atomic E-state index is -0.210. The Balaban J connectivity index is 2.20. The Kier molecular flexibility index (Phi) is 10.5. The summed E-state index contributed by atoms with van der Waals surface area (Å²) in [5, 5.41) is 0. The van der Waals surface area contributed by atoms with Gasteiger partial charge in [-0.15, -0.1) is 0 Å². The highest BCUT2D eigenvalue weighted by atomic mass is 16.5. The molecule has 1 aromatic rings. The normalized spacial score (nSPS) is 16.0. The number of carbonyl (C=O) groups excluding carboxylic acids is 1. The van der Waals surface area contributed by atoms with E-state index >= 15 is 0 Å². The van der Waals surface area contributed by atoms with Crippen LogP contribution in [0, 0.1) is 17.8 Å². The van der Waals surface area contributed by atoms with Crippen molar-refractivity contribution in [3.63, 3.8) is 0 Å². The number of rotatable bonds is 12. The van der Waals surface area contributed by atoms with Crippen molar-refractivity contribution in [3.05, 3.63) is 35.9 Å². The molecule has 2 heteroatoms. The van der Waals surface area contributed by atoms with Gasteiger partial charge in [-0.25, -0.2) is 4.79 Å². The molecule has 25 heavy (non-hydrogen) atoms. The van der Waals surface area contributed by atoms with Crippen LogP contribution in [-0.4, -0.2) is 12.1 Å². The summed E-state index contributed by atoms with van der Waals surface area (Å²) >= 11 is 0. The summed E-state index contributed by atoms with van der Waals surface area (Å²) in [6, 6.07) is 9.26. The molecule has 0 bridgehead atoms. The van der Waals surface area contributed by atoms with Crippen LogP contribution in [0.2, 0.25) is 0 Å².